The fourth-order valence-corrected chi connectivity index (χ4v) is 2.25. The number of benzene rings is 1. The van der Waals surface area contributed by atoms with Crippen molar-refractivity contribution in [2.24, 2.45) is 5.92 Å². The number of carboxylic acid groups (broad SMARTS) is 1. The van der Waals surface area contributed by atoms with E-state index in [4.69, 9.17) is 14.4 Å². The number of carbonyl (C=O) groups excluding carboxylic acids is 1. The number of carbonyl (C=O) groups is 2. The third-order valence-corrected chi connectivity index (χ3v) is 3.53. The van der Waals surface area contributed by atoms with E-state index >= 15 is 0 Å². The number of ether oxygens (including phenoxy) is 1. The molecule has 1 aromatic heterocycles. The Balaban J connectivity index is 1.92. The molecule has 25 heavy (non-hydrogen) atoms. The van der Waals surface area contributed by atoms with E-state index in [-0.39, 0.29) is 19.1 Å². The van der Waals surface area contributed by atoms with Crippen LogP contribution in [0.1, 0.15) is 41.8 Å². The summed E-state index contributed by atoms with van der Waals surface area (Å²) in [6.07, 6.45) is 1.26. The summed E-state index contributed by atoms with van der Waals surface area (Å²) in [7, 11) is 0. The molecule has 0 saturated carbocycles. The number of nitrogens with zero attached hydrogens (tertiary/aromatic N) is 2. The topological polar surface area (TPSA) is 115 Å². The fourth-order valence-electron chi connectivity index (χ4n) is 2.25. The molecule has 0 fully saturated rings. The van der Waals surface area contributed by atoms with E-state index in [9.17, 15) is 9.59 Å². The van der Waals surface area contributed by atoms with Gasteiger partial charge in [0.15, 0.2) is 6.61 Å². The van der Waals surface area contributed by atoms with Crippen LogP contribution in [0, 0.1) is 12.8 Å². The summed E-state index contributed by atoms with van der Waals surface area (Å²) in [6, 6.07) is 6.61. The van der Waals surface area contributed by atoms with Crippen molar-refractivity contribution in [3.8, 4) is 5.75 Å². The van der Waals surface area contributed by atoms with Gasteiger partial charge in [0.05, 0.1) is 5.92 Å². The van der Waals surface area contributed by atoms with Gasteiger partial charge in [-0.1, -0.05) is 24.6 Å². The van der Waals surface area contributed by atoms with Gasteiger partial charge in [0.1, 0.15) is 5.75 Å². The Kier molecular flexibility index (Phi) is 6.50. The van der Waals surface area contributed by atoms with E-state index < -0.39 is 11.9 Å². The van der Waals surface area contributed by atoms with Crippen molar-refractivity contribution in [3.05, 3.63) is 41.5 Å². The second-order valence-electron chi connectivity index (χ2n) is 5.58. The highest BCUT2D eigenvalue weighted by molar-refractivity contribution is 5.94. The van der Waals surface area contributed by atoms with Crippen LogP contribution in [-0.4, -0.2) is 33.7 Å². The molecule has 0 spiro atoms. The fraction of sp³-hybridized carbons (Fsp3) is 0.412. The van der Waals surface area contributed by atoms with Gasteiger partial charge in [0.2, 0.25) is 11.7 Å². The molecule has 0 aliphatic rings. The third kappa shape index (κ3) is 5.59. The number of nitrogens with one attached hydrogen (secondary N) is 1. The monoisotopic (exact) mass is 347 g/mol. The smallest absolute Gasteiger partial charge is 0.308 e. The first-order chi connectivity index (χ1) is 12.0. The molecule has 1 atom stereocenters. The normalized spacial score (nSPS) is 11.8. The number of rotatable bonds is 9. The minimum atomic E-state index is -0.908. The summed E-state index contributed by atoms with van der Waals surface area (Å²) in [5.74, 6) is -0.492. The summed E-state index contributed by atoms with van der Waals surface area (Å²) in [5.41, 5.74) is 0.391. The van der Waals surface area contributed by atoms with Crippen LogP contribution in [-0.2, 0) is 11.4 Å². The highest BCUT2D eigenvalue weighted by Crippen LogP contribution is 2.15. The molecule has 1 heterocycles. The van der Waals surface area contributed by atoms with Crippen molar-refractivity contribution < 1.29 is 24.0 Å². The molecular formula is C17H21N3O5. The maximum absolute atomic E-state index is 12.2. The van der Waals surface area contributed by atoms with E-state index in [1.807, 2.05) is 6.92 Å². The van der Waals surface area contributed by atoms with Crippen molar-refractivity contribution in [2.75, 3.05) is 6.54 Å². The second kappa shape index (κ2) is 8.81. The number of aryl methyl sites for hydroxylation is 1. The molecule has 0 saturated heterocycles. The number of carboxylic acids is 1. The zero-order valence-corrected chi connectivity index (χ0v) is 14.2. The van der Waals surface area contributed by atoms with Crippen LogP contribution in [0.3, 0.4) is 0 Å². The Morgan fingerprint density at radius 2 is 2.20 bits per heavy atom. The van der Waals surface area contributed by atoms with Gasteiger partial charge in [0, 0.05) is 19.0 Å². The molecule has 2 rings (SSSR count). The van der Waals surface area contributed by atoms with Gasteiger partial charge in [0.25, 0.3) is 5.91 Å². The van der Waals surface area contributed by atoms with Crippen molar-refractivity contribution in [3.63, 3.8) is 0 Å². The predicted molar refractivity (Wildman–Crippen MR) is 88.2 cm³/mol. The number of aliphatic carboxylic acids is 1. The zero-order valence-electron chi connectivity index (χ0n) is 14.2. The average molecular weight is 347 g/mol. The molecular weight excluding hydrogens is 326 g/mol. The van der Waals surface area contributed by atoms with Crippen LogP contribution in [0.4, 0.5) is 0 Å². The molecule has 134 valence electrons. The quantitative estimate of drug-likeness (QED) is 0.714. The van der Waals surface area contributed by atoms with Crippen LogP contribution < -0.4 is 10.1 Å². The number of amides is 1. The van der Waals surface area contributed by atoms with Gasteiger partial charge >= 0.3 is 5.97 Å². The Hall–Kier alpha value is -2.90. The van der Waals surface area contributed by atoms with Gasteiger partial charge in [-0.2, -0.15) is 4.98 Å². The first-order valence-electron chi connectivity index (χ1n) is 8.02. The van der Waals surface area contributed by atoms with Crippen LogP contribution in [0.15, 0.2) is 28.8 Å². The first kappa shape index (κ1) is 18.4. The second-order valence-corrected chi connectivity index (χ2v) is 5.58. The van der Waals surface area contributed by atoms with Crippen LogP contribution in [0.2, 0.25) is 0 Å². The van der Waals surface area contributed by atoms with E-state index in [1.165, 1.54) is 0 Å². The number of hydrogen-bond acceptors (Lipinski definition) is 6. The highest BCUT2D eigenvalue weighted by atomic mass is 16.5. The minimum Gasteiger partial charge on any atom is -0.485 e. The van der Waals surface area contributed by atoms with E-state index in [2.05, 4.69) is 15.5 Å². The molecule has 1 amide bonds. The standard InChI is InChI=1S/C17H21N3O5/c1-3-5-13(17(22)23)9-18-16(21)12-6-4-7-14(8-12)24-10-15-19-11(2)25-20-15/h4,6-8,13H,3,5,9-10H2,1-2H3,(H,18,21)(H,22,23). The van der Waals surface area contributed by atoms with E-state index in [0.29, 0.717) is 29.4 Å². The summed E-state index contributed by atoms with van der Waals surface area (Å²) < 4.78 is 10.4. The lowest BCUT2D eigenvalue weighted by atomic mass is 10.0. The molecule has 0 aliphatic carbocycles. The van der Waals surface area contributed by atoms with Gasteiger partial charge in [-0.05, 0) is 24.6 Å². The Labute approximate surface area is 145 Å². The molecule has 2 aromatic rings. The molecule has 0 radical (unpaired) electrons. The molecule has 0 bridgehead atoms. The van der Waals surface area contributed by atoms with Crippen LogP contribution in [0.5, 0.6) is 5.75 Å². The Morgan fingerprint density at radius 1 is 1.40 bits per heavy atom. The van der Waals surface area contributed by atoms with Crippen LogP contribution in [0.25, 0.3) is 0 Å². The molecule has 1 aromatic carbocycles. The SMILES string of the molecule is CCCC(CNC(=O)c1cccc(OCc2noc(C)n2)c1)C(=O)O. The predicted octanol–water partition coefficient (Wildman–Crippen LogP) is 2.19. The molecule has 8 heteroatoms. The number of hydrogen-bond donors (Lipinski definition) is 2. The molecule has 8 nitrogen and oxygen atoms in total. The third-order valence-electron chi connectivity index (χ3n) is 3.53. The van der Waals surface area contributed by atoms with Gasteiger partial charge < -0.3 is 19.7 Å². The van der Waals surface area contributed by atoms with Crippen molar-refractivity contribution in [1.29, 1.82) is 0 Å². The molecule has 2 N–H and O–H groups in total. The van der Waals surface area contributed by atoms with E-state index in [1.54, 1.807) is 31.2 Å². The molecule has 0 aliphatic heterocycles. The largest absolute Gasteiger partial charge is 0.485 e. The lowest BCUT2D eigenvalue weighted by Gasteiger charge is -2.12. The Morgan fingerprint density at radius 3 is 2.84 bits per heavy atom. The zero-order chi connectivity index (χ0) is 18.2. The van der Waals surface area contributed by atoms with Gasteiger partial charge in [-0.3, -0.25) is 9.59 Å². The summed E-state index contributed by atoms with van der Waals surface area (Å²) in [5, 5.41) is 15.5. The van der Waals surface area contributed by atoms with Crippen LogP contribution >= 0.6 is 0 Å². The summed E-state index contributed by atoms with van der Waals surface area (Å²) in [4.78, 5) is 27.4. The summed E-state index contributed by atoms with van der Waals surface area (Å²) in [6.45, 7) is 3.81. The maximum atomic E-state index is 12.2. The maximum Gasteiger partial charge on any atom is 0.308 e. The molecule has 1 unspecified atom stereocenters. The van der Waals surface area contributed by atoms with Crippen molar-refractivity contribution in [2.45, 2.75) is 33.3 Å². The first-order valence-corrected chi connectivity index (χ1v) is 8.02. The van der Waals surface area contributed by atoms with Gasteiger partial charge in [-0.25, -0.2) is 0 Å². The minimum absolute atomic E-state index is 0.0925. The average Bonchev–Trinajstić information content (AvgIpc) is 3.02. The van der Waals surface area contributed by atoms with Crippen molar-refractivity contribution in [1.82, 2.24) is 15.5 Å². The lowest BCUT2D eigenvalue weighted by Crippen LogP contribution is -2.32. The van der Waals surface area contributed by atoms with Gasteiger partial charge in [-0.15, -0.1) is 0 Å². The highest BCUT2D eigenvalue weighted by Gasteiger charge is 2.18. The van der Waals surface area contributed by atoms with Crippen molar-refractivity contribution >= 4 is 11.9 Å². The lowest BCUT2D eigenvalue weighted by molar-refractivity contribution is -0.141. The Bertz CT molecular complexity index is 729. The van der Waals surface area contributed by atoms with E-state index in [0.717, 1.165) is 6.42 Å². The number of aromatic nitrogens is 2. The summed E-state index contributed by atoms with van der Waals surface area (Å²) >= 11 is 0.